The van der Waals surface area contributed by atoms with Gasteiger partial charge in [-0.3, -0.25) is 4.79 Å². The summed E-state index contributed by atoms with van der Waals surface area (Å²) in [4.78, 5) is 21.1. The number of ether oxygens (including phenoxy) is 1. The minimum absolute atomic E-state index is 0.103. The largest absolute Gasteiger partial charge is 0.464 e. The zero-order valence-corrected chi connectivity index (χ0v) is 7.16. The first kappa shape index (κ1) is 10.9. The molecule has 0 saturated heterocycles. The molecular formula is C7H13NO4. The van der Waals surface area contributed by atoms with Gasteiger partial charge in [0, 0.05) is 6.92 Å². The van der Waals surface area contributed by atoms with Gasteiger partial charge < -0.3 is 15.2 Å². The van der Waals surface area contributed by atoms with E-state index < -0.39 is 12.1 Å². The van der Waals surface area contributed by atoms with E-state index in [1.165, 1.54) is 6.92 Å². The maximum Gasteiger partial charge on any atom is 0.336 e. The van der Waals surface area contributed by atoms with Crippen molar-refractivity contribution in [3.05, 3.63) is 0 Å². The predicted molar refractivity (Wildman–Crippen MR) is 41.3 cm³/mol. The van der Waals surface area contributed by atoms with Gasteiger partial charge in [-0.05, 0) is 6.92 Å². The van der Waals surface area contributed by atoms with Crippen LogP contribution in [0.5, 0.6) is 0 Å². The molecule has 0 aromatic carbocycles. The van der Waals surface area contributed by atoms with E-state index in [1.807, 2.05) is 0 Å². The zero-order chi connectivity index (χ0) is 9.56. The van der Waals surface area contributed by atoms with Crippen LogP contribution in [-0.4, -0.2) is 36.2 Å². The molecule has 0 aliphatic heterocycles. The monoisotopic (exact) mass is 175 g/mol. The van der Waals surface area contributed by atoms with Crippen LogP contribution in [0.25, 0.3) is 0 Å². The van der Waals surface area contributed by atoms with Gasteiger partial charge in [0.15, 0.2) is 6.10 Å². The van der Waals surface area contributed by atoms with Crippen LogP contribution in [0.4, 0.5) is 0 Å². The van der Waals surface area contributed by atoms with Crippen LogP contribution in [0.2, 0.25) is 0 Å². The topological polar surface area (TPSA) is 75.6 Å². The fraction of sp³-hybridized carbons (Fsp3) is 0.714. The molecule has 5 heteroatoms. The second-order valence-electron chi connectivity index (χ2n) is 2.20. The Kier molecular flexibility index (Phi) is 5.03. The van der Waals surface area contributed by atoms with Crippen LogP contribution < -0.4 is 5.32 Å². The summed E-state index contributed by atoms with van der Waals surface area (Å²) in [5, 5.41) is 11.3. The number of aliphatic hydroxyl groups is 1. The molecule has 0 unspecified atom stereocenters. The number of carbonyl (C=O) groups is 2. The van der Waals surface area contributed by atoms with Crippen LogP contribution in [-0.2, 0) is 14.3 Å². The number of carbonyl (C=O) groups excluding carboxylic acids is 2. The first-order valence-electron chi connectivity index (χ1n) is 3.67. The Labute approximate surface area is 70.7 Å². The standard InChI is InChI=1S/C7H13NO4/c1-3-12-7(11)6(10)4-8-5(2)9/h6,10H,3-4H2,1-2H3,(H,8,9)/t6-/m1/s1. The summed E-state index contributed by atoms with van der Waals surface area (Å²) in [7, 11) is 0. The maximum atomic E-state index is 10.7. The molecule has 1 atom stereocenters. The van der Waals surface area contributed by atoms with Crippen molar-refractivity contribution < 1.29 is 19.4 Å². The maximum absolute atomic E-state index is 10.7. The molecular weight excluding hydrogens is 162 g/mol. The van der Waals surface area contributed by atoms with Gasteiger partial charge in [-0.1, -0.05) is 0 Å². The molecule has 0 saturated carbocycles. The van der Waals surface area contributed by atoms with Gasteiger partial charge in [-0.15, -0.1) is 0 Å². The molecule has 5 nitrogen and oxygen atoms in total. The van der Waals surface area contributed by atoms with Crippen molar-refractivity contribution in [2.45, 2.75) is 20.0 Å². The smallest absolute Gasteiger partial charge is 0.336 e. The van der Waals surface area contributed by atoms with Gasteiger partial charge in [-0.2, -0.15) is 0 Å². The molecule has 0 radical (unpaired) electrons. The minimum Gasteiger partial charge on any atom is -0.464 e. The molecule has 0 aliphatic rings. The summed E-state index contributed by atoms with van der Waals surface area (Å²) in [6.45, 7) is 3.06. The molecule has 0 aliphatic carbocycles. The summed E-state index contributed by atoms with van der Waals surface area (Å²) in [5.41, 5.74) is 0. The molecule has 0 fully saturated rings. The number of nitrogens with one attached hydrogen (secondary N) is 1. The fourth-order valence-corrected chi connectivity index (χ4v) is 0.562. The highest BCUT2D eigenvalue weighted by Crippen LogP contribution is 1.86. The molecule has 12 heavy (non-hydrogen) atoms. The first-order chi connectivity index (χ1) is 5.57. The fourth-order valence-electron chi connectivity index (χ4n) is 0.562. The van der Waals surface area contributed by atoms with Crippen molar-refractivity contribution in [3.63, 3.8) is 0 Å². The molecule has 0 aromatic heterocycles. The Bertz CT molecular complexity index is 169. The van der Waals surface area contributed by atoms with Gasteiger partial charge in [0.05, 0.1) is 13.2 Å². The normalized spacial score (nSPS) is 11.9. The lowest BCUT2D eigenvalue weighted by atomic mass is 10.3. The average Bonchev–Trinajstić information content (AvgIpc) is 2.00. The van der Waals surface area contributed by atoms with Gasteiger partial charge in [0.2, 0.25) is 5.91 Å². The van der Waals surface area contributed by atoms with Crippen molar-refractivity contribution in [2.24, 2.45) is 0 Å². The van der Waals surface area contributed by atoms with Crippen LogP contribution >= 0.6 is 0 Å². The first-order valence-corrected chi connectivity index (χ1v) is 3.67. The van der Waals surface area contributed by atoms with Crippen LogP contribution in [0.3, 0.4) is 0 Å². The molecule has 0 aromatic rings. The van der Waals surface area contributed by atoms with E-state index in [-0.39, 0.29) is 19.1 Å². The summed E-state index contributed by atoms with van der Waals surface area (Å²) in [6, 6.07) is 0. The van der Waals surface area contributed by atoms with E-state index in [2.05, 4.69) is 10.1 Å². The Hall–Kier alpha value is -1.10. The third-order valence-corrected chi connectivity index (χ3v) is 1.10. The third kappa shape index (κ3) is 4.68. The predicted octanol–water partition coefficient (Wildman–Crippen LogP) is -0.954. The molecule has 0 heterocycles. The van der Waals surface area contributed by atoms with Crippen LogP contribution in [0, 0.1) is 0 Å². The average molecular weight is 175 g/mol. The highest BCUT2D eigenvalue weighted by molar-refractivity contribution is 5.77. The number of amides is 1. The van der Waals surface area contributed by atoms with Crippen LogP contribution in [0.1, 0.15) is 13.8 Å². The number of rotatable bonds is 4. The second-order valence-corrected chi connectivity index (χ2v) is 2.20. The zero-order valence-electron chi connectivity index (χ0n) is 7.16. The van der Waals surface area contributed by atoms with Gasteiger partial charge in [0.1, 0.15) is 0 Å². The van der Waals surface area contributed by atoms with Crippen molar-refractivity contribution in [3.8, 4) is 0 Å². The Balaban J connectivity index is 3.63. The number of hydrogen-bond acceptors (Lipinski definition) is 4. The second kappa shape index (κ2) is 5.54. The summed E-state index contributed by atoms with van der Waals surface area (Å²) in [6.07, 6.45) is -1.27. The molecule has 0 bridgehead atoms. The van der Waals surface area contributed by atoms with E-state index >= 15 is 0 Å². The highest BCUT2D eigenvalue weighted by Gasteiger charge is 2.15. The molecule has 70 valence electrons. The quantitative estimate of drug-likeness (QED) is 0.540. The summed E-state index contributed by atoms with van der Waals surface area (Å²) < 4.78 is 4.50. The van der Waals surface area contributed by atoms with Crippen molar-refractivity contribution in [1.29, 1.82) is 0 Å². The summed E-state index contributed by atoms with van der Waals surface area (Å²) >= 11 is 0. The van der Waals surface area contributed by atoms with E-state index in [0.29, 0.717) is 0 Å². The lowest BCUT2D eigenvalue weighted by Gasteiger charge is -2.08. The SMILES string of the molecule is CCOC(=O)[C@H](O)CNC(C)=O. The summed E-state index contributed by atoms with van der Waals surface area (Å²) in [5.74, 6) is -1.01. The molecule has 1 amide bonds. The molecule has 0 rings (SSSR count). The highest BCUT2D eigenvalue weighted by atomic mass is 16.5. The van der Waals surface area contributed by atoms with Crippen molar-refractivity contribution >= 4 is 11.9 Å². The number of esters is 1. The van der Waals surface area contributed by atoms with E-state index in [4.69, 9.17) is 5.11 Å². The van der Waals surface area contributed by atoms with Gasteiger partial charge in [0.25, 0.3) is 0 Å². The number of hydrogen-bond donors (Lipinski definition) is 2. The number of aliphatic hydroxyl groups excluding tert-OH is 1. The van der Waals surface area contributed by atoms with Gasteiger partial charge >= 0.3 is 5.97 Å². The molecule has 0 spiro atoms. The Morgan fingerprint density at radius 1 is 1.58 bits per heavy atom. The Morgan fingerprint density at radius 2 is 2.17 bits per heavy atom. The molecule has 2 N–H and O–H groups in total. The van der Waals surface area contributed by atoms with Crippen molar-refractivity contribution in [1.82, 2.24) is 5.32 Å². The van der Waals surface area contributed by atoms with E-state index in [1.54, 1.807) is 6.92 Å². The van der Waals surface area contributed by atoms with Gasteiger partial charge in [-0.25, -0.2) is 4.79 Å². The minimum atomic E-state index is -1.27. The Morgan fingerprint density at radius 3 is 2.58 bits per heavy atom. The van der Waals surface area contributed by atoms with E-state index in [9.17, 15) is 9.59 Å². The third-order valence-electron chi connectivity index (χ3n) is 1.10. The lowest BCUT2D eigenvalue weighted by molar-refractivity contribution is -0.152. The lowest BCUT2D eigenvalue weighted by Crippen LogP contribution is -2.36. The van der Waals surface area contributed by atoms with Crippen LogP contribution in [0.15, 0.2) is 0 Å². The van der Waals surface area contributed by atoms with Crippen molar-refractivity contribution in [2.75, 3.05) is 13.2 Å². The van der Waals surface area contributed by atoms with E-state index in [0.717, 1.165) is 0 Å².